The molecule has 1 atom stereocenters. The van der Waals surface area contributed by atoms with Gasteiger partial charge in [0.1, 0.15) is 0 Å². The summed E-state index contributed by atoms with van der Waals surface area (Å²) in [5.74, 6) is 1.44. The molecule has 4 heterocycles. The van der Waals surface area contributed by atoms with Crippen LogP contribution < -0.4 is 24.4 Å². The fraction of sp³-hybridized carbons (Fsp3) is 0.154. The second-order valence-corrected chi connectivity index (χ2v) is 10.2. The summed E-state index contributed by atoms with van der Waals surface area (Å²) >= 11 is 3.14. The SMILES string of the molecule is O=c1c(=Cc2ccc3c(c2)OCO3)sc2n1[C@H](c1cccs1)C1=C(N=2)c2ccccc2CC1. The minimum atomic E-state index is -0.108. The van der Waals surface area contributed by atoms with Gasteiger partial charge in [-0.05, 0) is 59.2 Å². The van der Waals surface area contributed by atoms with Crippen LogP contribution in [0, 0.1) is 0 Å². The van der Waals surface area contributed by atoms with Gasteiger partial charge in [0.05, 0.1) is 16.3 Å². The second-order valence-electron chi connectivity index (χ2n) is 8.24. The number of aromatic nitrogens is 1. The van der Waals surface area contributed by atoms with Gasteiger partial charge in [0.2, 0.25) is 6.79 Å². The van der Waals surface area contributed by atoms with Crippen molar-refractivity contribution in [3.05, 3.63) is 107 Å². The summed E-state index contributed by atoms with van der Waals surface area (Å²) in [6.45, 7) is 0.231. The van der Waals surface area contributed by atoms with E-state index in [1.807, 2.05) is 28.8 Å². The summed E-state index contributed by atoms with van der Waals surface area (Å²) in [7, 11) is 0. The largest absolute Gasteiger partial charge is 0.454 e. The fourth-order valence-corrected chi connectivity index (χ4v) is 6.72. The van der Waals surface area contributed by atoms with Crippen LogP contribution in [0.15, 0.2) is 75.3 Å². The molecule has 7 rings (SSSR count). The molecule has 2 aromatic carbocycles. The van der Waals surface area contributed by atoms with Gasteiger partial charge in [-0.25, -0.2) is 4.99 Å². The number of benzene rings is 2. The summed E-state index contributed by atoms with van der Waals surface area (Å²) in [5.41, 5.74) is 5.69. The molecule has 0 N–H and O–H groups in total. The maximum atomic E-state index is 13.7. The Morgan fingerprint density at radius 2 is 1.94 bits per heavy atom. The Hall–Kier alpha value is -3.42. The lowest BCUT2D eigenvalue weighted by molar-refractivity contribution is 0.174. The van der Waals surface area contributed by atoms with Crippen LogP contribution in [0.4, 0.5) is 0 Å². The Bertz CT molecular complexity index is 1630. The molecule has 2 aromatic heterocycles. The zero-order valence-electron chi connectivity index (χ0n) is 17.5. The molecule has 0 bridgehead atoms. The Labute approximate surface area is 197 Å². The topological polar surface area (TPSA) is 52.8 Å². The number of aryl methyl sites for hydroxylation is 1. The van der Waals surface area contributed by atoms with Gasteiger partial charge in [0.15, 0.2) is 16.3 Å². The average molecular weight is 471 g/mol. The number of allylic oxidation sites excluding steroid dienone is 1. The minimum Gasteiger partial charge on any atom is -0.454 e. The van der Waals surface area contributed by atoms with Gasteiger partial charge in [0, 0.05) is 10.4 Å². The number of nitrogens with zero attached hydrogens (tertiary/aromatic N) is 2. The van der Waals surface area contributed by atoms with E-state index in [0.29, 0.717) is 10.3 Å². The van der Waals surface area contributed by atoms with Gasteiger partial charge in [-0.2, -0.15) is 0 Å². The quantitative estimate of drug-likeness (QED) is 0.443. The molecule has 33 heavy (non-hydrogen) atoms. The Kier molecular flexibility index (Phi) is 4.22. The van der Waals surface area contributed by atoms with Crippen molar-refractivity contribution in [1.29, 1.82) is 0 Å². The molecule has 0 spiro atoms. The molecule has 0 radical (unpaired) electrons. The fourth-order valence-electron chi connectivity index (χ4n) is 4.87. The van der Waals surface area contributed by atoms with E-state index in [9.17, 15) is 4.79 Å². The number of thiazole rings is 1. The Balaban J connectivity index is 1.46. The second kappa shape index (κ2) is 7.30. The van der Waals surface area contributed by atoms with Gasteiger partial charge in [-0.1, -0.05) is 47.7 Å². The molecule has 7 heteroatoms. The van der Waals surface area contributed by atoms with E-state index < -0.39 is 0 Å². The molecule has 162 valence electrons. The van der Waals surface area contributed by atoms with Crippen LogP contribution in [-0.4, -0.2) is 11.4 Å². The van der Waals surface area contributed by atoms with Crippen molar-refractivity contribution in [1.82, 2.24) is 4.57 Å². The maximum Gasteiger partial charge on any atom is 0.271 e. The van der Waals surface area contributed by atoms with E-state index >= 15 is 0 Å². The van der Waals surface area contributed by atoms with Crippen molar-refractivity contribution in [2.75, 3.05) is 6.79 Å². The van der Waals surface area contributed by atoms with Gasteiger partial charge < -0.3 is 9.47 Å². The molecule has 2 aliphatic heterocycles. The van der Waals surface area contributed by atoms with Gasteiger partial charge in [-0.15, -0.1) is 11.3 Å². The molecule has 0 amide bonds. The summed E-state index contributed by atoms with van der Waals surface area (Å²) in [4.78, 5) is 20.7. The third-order valence-corrected chi connectivity index (χ3v) is 8.29. The molecule has 0 saturated carbocycles. The zero-order chi connectivity index (χ0) is 21.9. The number of thiophene rings is 1. The Morgan fingerprint density at radius 1 is 1.03 bits per heavy atom. The van der Waals surface area contributed by atoms with Crippen LogP contribution in [-0.2, 0) is 6.42 Å². The van der Waals surface area contributed by atoms with Crippen molar-refractivity contribution < 1.29 is 9.47 Å². The smallest absolute Gasteiger partial charge is 0.271 e. The highest BCUT2D eigenvalue weighted by atomic mass is 32.1. The van der Waals surface area contributed by atoms with Crippen molar-refractivity contribution in [3.8, 4) is 11.5 Å². The summed E-state index contributed by atoms with van der Waals surface area (Å²) in [6.07, 6.45) is 3.80. The third kappa shape index (κ3) is 2.96. The van der Waals surface area contributed by atoms with Crippen molar-refractivity contribution in [3.63, 3.8) is 0 Å². The van der Waals surface area contributed by atoms with Crippen molar-refractivity contribution in [2.45, 2.75) is 18.9 Å². The lowest BCUT2D eigenvalue weighted by atomic mass is 9.85. The standard InChI is InChI=1S/C26H18N2O3S2/c29-25-22(13-15-7-10-19-20(12-15)31-14-30-19)33-26-27-23-17-5-2-1-4-16(17)8-9-18(23)24(28(25)26)21-6-3-11-32-21/h1-7,10-13,24H,8-9,14H2/t24-/m0/s1. The average Bonchev–Trinajstić information content (AvgIpc) is 3.59. The first-order chi connectivity index (χ1) is 16.3. The highest BCUT2D eigenvalue weighted by molar-refractivity contribution is 7.10. The van der Waals surface area contributed by atoms with E-state index in [1.165, 1.54) is 32.9 Å². The van der Waals surface area contributed by atoms with E-state index in [2.05, 4.69) is 41.8 Å². The van der Waals surface area contributed by atoms with E-state index in [0.717, 1.165) is 34.7 Å². The molecule has 3 aliphatic rings. The molecule has 1 aliphatic carbocycles. The summed E-state index contributed by atoms with van der Waals surface area (Å²) in [6, 6.07) is 18.3. The van der Waals surface area contributed by atoms with Crippen LogP contribution in [0.1, 0.15) is 34.0 Å². The molecular formula is C26H18N2O3S2. The molecule has 0 saturated heterocycles. The van der Waals surface area contributed by atoms with E-state index in [-0.39, 0.29) is 18.4 Å². The van der Waals surface area contributed by atoms with Crippen LogP contribution >= 0.6 is 22.7 Å². The monoisotopic (exact) mass is 470 g/mol. The number of hydrogen-bond donors (Lipinski definition) is 0. The molecule has 0 unspecified atom stereocenters. The maximum absolute atomic E-state index is 13.7. The summed E-state index contributed by atoms with van der Waals surface area (Å²) in [5, 5.41) is 2.08. The van der Waals surface area contributed by atoms with Gasteiger partial charge >= 0.3 is 0 Å². The summed E-state index contributed by atoms with van der Waals surface area (Å²) < 4.78 is 13.5. The molecular weight excluding hydrogens is 452 g/mol. The number of ether oxygens (including phenoxy) is 2. The van der Waals surface area contributed by atoms with Crippen LogP contribution in [0.2, 0.25) is 0 Å². The van der Waals surface area contributed by atoms with E-state index in [1.54, 1.807) is 11.3 Å². The first kappa shape index (κ1) is 19.1. The van der Waals surface area contributed by atoms with Gasteiger partial charge in [0.25, 0.3) is 5.56 Å². The predicted molar refractivity (Wildman–Crippen MR) is 130 cm³/mol. The minimum absolute atomic E-state index is 0.000209. The zero-order valence-corrected chi connectivity index (χ0v) is 19.1. The van der Waals surface area contributed by atoms with Crippen molar-refractivity contribution >= 4 is 34.4 Å². The van der Waals surface area contributed by atoms with Crippen molar-refractivity contribution in [2.24, 2.45) is 4.99 Å². The first-order valence-corrected chi connectivity index (χ1v) is 12.5. The van der Waals surface area contributed by atoms with Gasteiger partial charge in [-0.3, -0.25) is 9.36 Å². The Morgan fingerprint density at radius 3 is 2.85 bits per heavy atom. The molecule has 5 nitrogen and oxygen atoms in total. The number of fused-ring (bicyclic) bond motifs is 4. The lowest BCUT2D eigenvalue weighted by Crippen LogP contribution is -2.38. The number of rotatable bonds is 2. The highest BCUT2D eigenvalue weighted by Crippen LogP contribution is 2.42. The van der Waals surface area contributed by atoms with E-state index in [4.69, 9.17) is 14.5 Å². The third-order valence-electron chi connectivity index (χ3n) is 6.38. The number of hydrogen-bond acceptors (Lipinski definition) is 6. The lowest BCUT2D eigenvalue weighted by Gasteiger charge is -2.30. The van der Waals surface area contributed by atoms with Crippen LogP contribution in [0.3, 0.4) is 0 Å². The highest BCUT2D eigenvalue weighted by Gasteiger charge is 2.33. The normalized spacial score (nSPS) is 18.5. The molecule has 4 aromatic rings. The van der Waals surface area contributed by atoms with Crippen LogP contribution in [0.5, 0.6) is 11.5 Å². The van der Waals surface area contributed by atoms with Crippen LogP contribution in [0.25, 0.3) is 11.8 Å². The molecule has 0 fully saturated rings. The first-order valence-electron chi connectivity index (χ1n) is 10.8. The predicted octanol–water partition coefficient (Wildman–Crippen LogP) is 4.11.